The molecule has 0 aliphatic rings. The summed E-state index contributed by atoms with van der Waals surface area (Å²) in [6.45, 7) is 3.77. The highest BCUT2D eigenvalue weighted by atomic mass is 35.5. The molecule has 3 nitrogen and oxygen atoms in total. The average Bonchev–Trinajstić information content (AvgIpc) is 2.37. The van der Waals surface area contributed by atoms with Crippen LogP contribution >= 0.6 is 23.2 Å². The maximum Gasteiger partial charge on any atom is 0.220 e. The second-order valence-corrected chi connectivity index (χ2v) is 5.02. The largest absolute Gasteiger partial charge is 0.481 e. The third-order valence-corrected chi connectivity index (χ3v) is 3.74. The van der Waals surface area contributed by atoms with Gasteiger partial charge in [0.2, 0.25) is 5.88 Å². The fraction of sp³-hybridized carbons (Fsp3) is 0.286. The summed E-state index contributed by atoms with van der Waals surface area (Å²) in [6, 6.07) is 5.58. The Kier molecular flexibility index (Phi) is 4.27. The number of hydrogen-bond acceptors (Lipinski definition) is 3. The van der Waals surface area contributed by atoms with Crippen LogP contribution in [0.4, 0.5) is 0 Å². The van der Waals surface area contributed by atoms with E-state index in [9.17, 15) is 0 Å². The van der Waals surface area contributed by atoms with Gasteiger partial charge in [0.15, 0.2) is 0 Å². The van der Waals surface area contributed by atoms with Gasteiger partial charge < -0.3 is 4.74 Å². The highest BCUT2D eigenvalue weighted by molar-refractivity contribution is 6.42. The molecule has 0 aliphatic heterocycles. The van der Waals surface area contributed by atoms with E-state index in [0.29, 0.717) is 28.2 Å². The number of nitrogens with zero attached hydrogens (tertiary/aromatic N) is 2. The molecule has 0 radical (unpaired) electrons. The van der Waals surface area contributed by atoms with Crippen LogP contribution in [0.3, 0.4) is 0 Å². The van der Waals surface area contributed by atoms with Crippen molar-refractivity contribution in [3.63, 3.8) is 0 Å². The van der Waals surface area contributed by atoms with E-state index in [1.54, 1.807) is 13.2 Å². The molecule has 1 heterocycles. The molecule has 0 N–H and O–H groups in total. The maximum atomic E-state index is 6.21. The smallest absolute Gasteiger partial charge is 0.220 e. The summed E-state index contributed by atoms with van der Waals surface area (Å²) in [5.74, 6) is 1.27. The molecule has 0 atom stereocenters. The molecule has 2 rings (SSSR count). The monoisotopic (exact) mass is 296 g/mol. The highest BCUT2D eigenvalue weighted by Gasteiger charge is 2.14. The zero-order valence-corrected chi connectivity index (χ0v) is 12.5. The van der Waals surface area contributed by atoms with Crippen molar-refractivity contribution in [1.82, 2.24) is 9.97 Å². The Bertz CT molecular complexity index is 615. The van der Waals surface area contributed by atoms with E-state index in [1.165, 1.54) is 0 Å². The topological polar surface area (TPSA) is 35.0 Å². The Morgan fingerprint density at radius 3 is 2.58 bits per heavy atom. The van der Waals surface area contributed by atoms with E-state index in [1.807, 2.05) is 26.0 Å². The number of ether oxygens (including phenoxy) is 1. The molecule has 0 amide bonds. The molecular weight excluding hydrogens is 283 g/mol. The predicted molar refractivity (Wildman–Crippen MR) is 77.3 cm³/mol. The molecule has 0 unspecified atom stereocenters. The van der Waals surface area contributed by atoms with Crippen LogP contribution in [0.1, 0.15) is 22.6 Å². The molecular formula is C14H14Cl2N2O. The van der Waals surface area contributed by atoms with Gasteiger partial charge in [0.05, 0.1) is 17.2 Å². The molecule has 5 heteroatoms. The van der Waals surface area contributed by atoms with E-state index >= 15 is 0 Å². The summed E-state index contributed by atoms with van der Waals surface area (Å²) >= 11 is 12.2. The summed E-state index contributed by atoms with van der Waals surface area (Å²) in [7, 11) is 1.60. The van der Waals surface area contributed by atoms with Gasteiger partial charge in [0, 0.05) is 17.7 Å². The van der Waals surface area contributed by atoms with Crippen molar-refractivity contribution in [2.75, 3.05) is 7.11 Å². The molecule has 0 saturated carbocycles. The Labute approximate surface area is 122 Å². The highest BCUT2D eigenvalue weighted by Crippen LogP contribution is 2.30. The standard InChI is InChI=1S/C14H14Cl2N2O/c1-8-11(14(19-3)18-9(2)17-8)7-10-5-4-6-12(15)13(10)16/h4-6H,7H2,1-3H3. The number of methoxy groups -OCH3 is 1. The molecule has 0 fully saturated rings. The summed E-state index contributed by atoms with van der Waals surface area (Å²) in [6.07, 6.45) is 0.592. The quantitative estimate of drug-likeness (QED) is 0.859. The first-order chi connectivity index (χ1) is 9.02. The van der Waals surface area contributed by atoms with Crippen molar-refractivity contribution < 1.29 is 4.74 Å². The first kappa shape index (κ1) is 14.1. The minimum absolute atomic E-state index is 0.545. The van der Waals surface area contributed by atoms with Crippen molar-refractivity contribution in [2.24, 2.45) is 0 Å². The van der Waals surface area contributed by atoms with Crippen molar-refractivity contribution in [3.8, 4) is 5.88 Å². The van der Waals surface area contributed by atoms with E-state index in [0.717, 1.165) is 16.8 Å². The molecule has 0 bridgehead atoms. The normalized spacial score (nSPS) is 10.6. The predicted octanol–water partition coefficient (Wildman–Crippen LogP) is 4.00. The molecule has 0 spiro atoms. The Hall–Kier alpha value is -1.32. The second kappa shape index (κ2) is 5.76. The fourth-order valence-electron chi connectivity index (χ4n) is 1.95. The van der Waals surface area contributed by atoms with Gasteiger partial charge in [-0.3, -0.25) is 0 Å². The van der Waals surface area contributed by atoms with Gasteiger partial charge in [0.25, 0.3) is 0 Å². The van der Waals surface area contributed by atoms with Gasteiger partial charge in [-0.25, -0.2) is 4.98 Å². The van der Waals surface area contributed by atoms with Crippen LogP contribution in [0.2, 0.25) is 10.0 Å². The van der Waals surface area contributed by atoms with Crippen molar-refractivity contribution in [2.45, 2.75) is 20.3 Å². The zero-order chi connectivity index (χ0) is 14.0. The Balaban J connectivity index is 2.46. The van der Waals surface area contributed by atoms with Gasteiger partial charge in [-0.2, -0.15) is 4.98 Å². The van der Waals surface area contributed by atoms with Crippen molar-refractivity contribution in [1.29, 1.82) is 0 Å². The lowest BCUT2D eigenvalue weighted by atomic mass is 10.0. The molecule has 19 heavy (non-hydrogen) atoms. The summed E-state index contributed by atoms with van der Waals surface area (Å²) in [5.41, 5.74) is 2.75. The first-order valence-electron chi connectivity index (χ1n) is 5.84. The van der Waals surface area contributed by atoms with Crippen molar-refractivity contribution >= 4 is 23.2 Å². The lowest BCUT2D eigenvalue weighted by Gasteiger charge is -2.12. The van der Waals surface area contributed by atoms with E-state index in [2.05, 4.69) is 9.97 Å². The Morgan fingerprint density at radius 1 is 1.16 bits per heavy atom. The summed E-state index contributed by atoms with van der Waals surface area (Å²) < 4.78 is 5.32. The molecule has 100 valence electrons. The number of rotatable bonds is 3. The number of halogens is 2. The van der Waals surface area contributed by atoms with Gasteiger partial charge in [-0.15, -0.1) is 0 Å². The number of aryl methyl sites for hydroxylation is 2. The summed E-state index contributed by atoms with van der Waals surface area (Å²) in [5, 5.41) is 1.11. The van der Waals surface area contributed by atoms with E-state index < -0.39 is 0 Å². The second-order valence-electron chi connectivity index (χ2n) is 4.23. The van der Waals surface area contributed by atoms with Crippen LogP contribution in [0.5, 0.6) is 5.88 Å². The molecule has 2 aromatic rings. The molecule has 0 aliphatic carbocycles. The van der Waals surface area contributed by atoms with Gasteiger partial charge >= 0.3 is 0 Å². The molecule has 1 aromatic heterocycles. The lowest BCUT2D eigenvalue weighted by molar-refractivity contribution is 0.390. The number of hydrogen-bond donors (Lipinski definition) is 0. The fourth-order valence-corrected chi connectivity index (χ4v) is 2.34. The van der Waals surface area contributed by atoms with E-state index in [-0.39, 0.29) is 0 Å². The van der Waals surface area contributed by atoms with E-state index in [4.69, 9.17) is 27.9 Å². The number of aromatic nitrogens is 2. The lowest BCUT2D eigenvalue weighted by Crippen LogP contribution is -2.04. The SMILES string of the molecule is COc1nc(C)nc(C)c1Cc1cccc(Cl)c1Cl. The first-order valence-corrected chi connectivity index (χ1v) is 6.59. The third-order valence-electron chi connectivity index (χ3n) is 2.88. The van der Waals surface area contributed by atoms with Gasteiger partial charge in [0.1, 0.15) is 5.82 Å². The number of benzene rings is 1. The van der Waals surface area contributed by atoms with Crippen LogP contribution < -0.4 is 4.74 Å². The zero-order valence-electron chi connectivity index (χ0n) is 11.0. The minimum atomic E-state index is 0.545. The minimum Gasteiger partial charge on any atom is -0.481 e. The van der Waals surface area contributed by atoms with Crippen LogP contribution in [0.15, 0.2) is 18.2 Å². The van der Waals surface area contributed by atoms with Crippen molar-refractivity contribution in [3.05, 3.63) is 50.9 Å². The van der Waals surface area contributed by atoms with Crippen LogP contribution in [-0.2, 0) is 6.42 Å². The molecule has 0 saturated heterocycles. The maximum absolute atomic E-state index is 6.21. The van der Waals surface area contributed by atoms with Gasteiger partial charge in [-0.05, 0) is 25.5 Å². The summed E-state index contributed by atoms with van der Waals surface area (Å²) in [4.78, 5) is 8.65. The Morgan fingerprint density at radius 2 is 1.89 bits per heavy atom. The van der Waals surface area contributed by atoms with Crippen LogP contribution in [-0.4, -0.2) is 17.1 Å². The average molecular weight is 297 g/mol. The van der Waals surface area contributed by atoms with Gasteiger partial charge in [-0.1, -0.05) is 35.3 Å². The van der Waals surface area contributed by atoms with Crippen LogP contribution in [0, 0.1) is 13.8 Å². The van der Waals surface area contributed by atoms with Crippen LogP contribution in [0.25, 0.3) is 0 Å². The molecule has 1 aromatic carbocycles. The third kappa shape index (κ3) is 2.99.